The molecule has 0 saturated heterocycles. The number of nitrogens with two attached hydrogens (primary N) is 1. The SMILES string of the molecule is COc1ccc(CC2CNc3c(N)cc(Cl)cc3CN2CCC(C)C)cc1OC. The lowest BCUT2D eigenvalue weighted by atomic mass is 10.0. The highest BCUT2D eigenvalue weighted by Gasteiger charge is 2.25. The van der Waals surface area contributed by atoms with Crippen LogP contribution in [-0.2, 0) is 13.0 Å². The summed E-state index contributed by atoms with van der Waals surface area (Å²) in [6.07, 6.45) is 2.06. The number of fused-ring (bicyclic) bond motifs is 1. The van der Waals surface area contributed by atoms with Gasteiger partial charge in [-0.2, -0.15) is 0 Å². The van der Waals surface area contributed by atoms with Gasteiger partial charge in [0.15, 0.2) is 11.5 Å². The summed E-state index contributed by atoms with van der Waals surface area (Å²) in [6.45, 7) is 7.22. The molecule has 2 aromatic rings. The van der Waals surface area contributed by atoms with Crippen molar-refractivity contribution >= 4 is 23.0 Å². The molecule has 3 N–H and O–H groups in total. The van der Waals surface area contributed by atoms with Crippen molar-refractivity contribution in [3.05, 3.63) is 46.5 Å². The summed E-state index contributed by atoms with van der Waals surface area (Å²) in [7, 11) is 3.33. The van der Waals surface area contributed by atoms with Gasteiger partial charge in [-0.05, 0) is 60.7 Å². The Hall–Kier alpha value is -2.11. The maximum absolute atomic E-state index is 6.29. The molecular formula is C23H32ClN3O2. The second kappa shape index (κ2) is 9.59. The van der Waals surface area contributed by atoms with Gasteiger partial charge in [0.1, 0.15) is 0 Å². The minimum atomic E-state index is 0.331. The fourth-order valence-corrected chi connectivity index (χ4v) is 4.14. The van der Waals surface area contributed by atoms with Crippen LogP contribution >= 0.6 is 11.6 Å². The Morgan fingerprint density at radius 3 is 2.62 bits per heavy atom. The fourth-order valence-electron chi connectivity index (χ4n) is 3.89. The number of nitrogen functional groups attached to an aromatic ring is 1. The zero-order valence-corrected chi connectivity index (χ0v) is 18.6. The third-order valence-corrected chi connectivity index (χ3v) is 5.75. The van der Waals surface area contributed by atoms with Gasteiger partial charge in [0.2, 0.25) is 0 Å². The van der Waals surface area contributed by atoms with E-state index < -0.39 is 0 Å². The average Bonchev–Trinajstić information content (AvgIpc) is 2.85. The number of benzene rings is 2. The monoisotopic (exact) mass is 417 g/mol. The Morgan fingerprint density at radius 1 is 1.17 bits per heavy atom. The quantitative estimate of drug-likeness (QED) is 0.632. The number of ether oxygens (including phenoxy) is 2. The van der Waals surface area contributed by atoms with Crippen molar-refractivity contribution in [3.63, 3.8) is 0 Å². The van der Waals surface area contributed by atoms with Crippen LogP contribution in [0, 0.1) is 5.92 Å². The summed E-state index contributed by atoms with van der Waals surface area (Å²) in [4.78, 5) is 2.55. The standard InChI is InChI=1S/C23H32ClN3O2/c1-15(2)7-8-27-14-17-11-18(24)12-20(25)23(17)26-13-19(27)9-16-5-6-21(28-3)22(10-16)29-4/h5-6,10-12,15,19,26H,7-9,13-14,25H2,1-4H3. The molecule has 0 saturated carbocycles. The molecule has 0 bridgehead atoms. The Bertz CT molecular complexity index is 841. The maximum atomic E-state index is 6.29. The largest absolute Gasteiger partial charge is 0.493 e. The molecule has 1 atom stereocenters. The highest BCUT2D eigenvalue weighted by atomic mass is 35.5. The number of methoxy groups -OCH3 is 2. The number of hydrogen-bond donors (Lipinski definition) is 2. The van der Waals surface area contributed by atoms with Gasteiger partial charge in [-0.3, -0.25) is 4.90 Å². The summed E-state index contributed by atoms with van der Waals surface area (Å²) in [6, 6.07) is 10.3. The van der Waals surface area contributed by atoms with E-state index in [2.05, 4.69) is 36.2 Å². The van der Waals surface area contributed by atoms with Gasteiger partial charge in [-0.1, -0.05) is 31.5 Å². The van der Waals surface area contributed by atoms with Crippen LogP contribution in [0.4, 0.5) is 11.4 Å². The van der Waals surface area contributed by atoms with Crippen molar-refractivity contribution in [2.75, 3.05) is 38.4 Å². The van der Waals surface area contributed by atoms with Crippen LogP contribution in [0.2, 0.25) is 5.02 Å². The lowest BCUT2D eigenvalue weighted by Gasteiger charge is -2.30. The lowest BCUT2D eigenvalue weighted by Crippen LogP contribution is -2.40. The Morgan fingerprint density at radius 2 is 1.93 bits per heavy atom. The summed E-state index contributed by atoms with van der Waals surface area (Å²) >= 11 is 6.29. The first kappa shape index (κ1) is 21.6. The van der Waals surface area contributed by atoms with E-state index in [9.17, 15) is 0 Å². The summed E-state index contributed by atoms with van der Waals surface area (Å²) in [5.74, 6) is 2.16. The van der Waals surface area contributed by atoms with Gasteiger partial charge in [0.25, 0.3) is 0 Å². The van der Waals surface area contributed by atoms with E-state index >= 15 is 0 Å². The van der Waals surface area contributed by atoms with Gasteiger partial charge in [-0.15, -0.1) is 0 Å². The number of halogens is 1. The normalized spacial score (nSPS) is 16.8. The molecule has 0 aliphatic carbocycles. The fraction of sp³-hybridized carbons (Fsp3) is 0.478. The van der Waals surface area contributed by atoms with Gasteiger partial charge in [0, 0.05) is 24.2 Å². The molecule has 0 fully saturated rings. The van der Waals surface area contributed by atoms with Crippen molar-refractivity contribution in [2.24, 2.45) is 5.92 Å². The van der Waals surface area contributed by atoms with Crippen molar-refractivity contribution < 1.29 is 9.47 Å². The number of rotatable bonds is 7. The first-order chi connectivity index (χ1) is 13.9. The minimum Gasteiger partial charge on any atom is -0.493 e. The van der Waals surface area contributed by atoms with E-state index in [4.69, 9.17) is 26.8 Å². The summed E-state index contributed by atoms with van der Waals surface area (Å²) in [5, 5.41) is 4.26. The second-order valence-corrected chi connectivity index (χ2v) is 8.55. The van der Waals surface area contributed by atoms with Crippen molar-refractivity contribution in [2.45, 2.75) is 39.3 Å². The summed E-state index contributed by atoms with van der Waals surface area (Å²) in [5.41, 5.74) is 10.4. The van der Waals surface area contributed by atoms with Crippen LogP contribution in [0.5, 0.6) is 11.5 Å². The molecule has 0 spiro atoms. The average molecular weight is 418 g/mol. The molecule has 158 valence electrons. The third-order valence-electron chi connectivity index (χ3n) is 5.53. The Balaban J connectivity index is 1.86. The van der Waals surface area contributed by atoms with Gasteiger partial charge in [-0.25, -0.2) is 0 Å². The molecular weight excluding hydrogens is 386 g/mol. The summed E-state index contributed by atoms with van der Waals surface area (Å²) < 4.78 is 10.9. The number of nitrogens with one attached hydrogen (secondary N) is 1. The third kappa shape index (κ3) is 5.28. The van der Waals surface area contributed by atoms with E-state index in [1.54, 1.807) is 14.2 Å². The molecule has 29 heavy (non-hydrogen) atoms. The van der Waals surface area contributed by atoms with Crippen LogP contribution in [0.3, 0.4) is 0 Å². The van der Waals surface area contributed by atoms with E-state index in [-0.39, 0.29) is 0 Å². The molecule has 1 aliphatic heterocycles. The van der Waals surface area contributed by atoms with Crippen LogP contribution in [0.25, 0.3) is 0 Å². The van der Waals surface area contributed by atoms with Crippen molar-refractivity contribution in [3.8, 4) is 11.5 Å². The second-order valence-electron chi connectivity index (χ2n) is 8.11. The lowest BCUT2D eigenvalue weighted by molar-refractivity contribution is 0.187. The first-order valence-electron chi connectivity index (χ1n) is 10.2. The predicted molar refractivity (Wildman–Crippen MR) is 121 cm³/mol. The molecule has 2 aromatic carbocycles. The number of anilines is 2. The van der Waals surface area contributed by atoms with Crippen molar-refractivity contribution in [1.29, 1.82) is 0 Å². The molecule has 5 nitrogen and oxygen atoms in total. The van der Waals surface area contributed by atoms with E-state index in [1.807, 2.05) is 18.2 Å². The highest BCUT2D eigenvalue weighted by molar-refractivity contribution is 6.31. The maximum Gasteiger partial charge on any atom is 0.160 e. The molecule has 0 radical (unpaired) electrons. The van der Waals surface area contributed by atoms with Gasteiger partial charge >= 0.3 is 0 Å². The van der Waals surface area contributed by atoms with E-state index in [0.29, 0.717) is 22.7 Å². The van der Waals surface area contributed by atoms with E-state index in [1.165, 1.54) is 5.56 Å². The van der Waals surface area contributed by atoms with Crippen LogP contribution < -0.4 is 20.5 Å². The molecule has 6 heteroatoms. The molecule has 1 aliphatic rings. The number of hydrogen-bond acceptors (Lipinski definition) is 5. The molecule has 0 amide bonds. The zero-order chi connectivity index (χ0) is 21.0. The number of nitrogens with zero attached hydrogens (tertiary/aromatic N) is 1. The minimum absolute atomic E-state index is 0.331. The highest BCUT2D eigenvalue weighted by Crippen LogP contribution is 2.33. The topological polar surface area (TPSA) is 59.8 Å². The molecule has 1 heterocycles. The van der Waals surface area contributed by atoms with Gasteiger partial charge < -0.3 is 20.5 Å². The van der Waals surface area contributed by atoms with Crippen LogP contribution in [-0.4, -0.2) is 38.3 Å². The molecule has 1 unspecified atom stereocenters. The zero-order valence-electron chi connectivity index (χ0n) is 17.8. The molecule has 3 rings (SSSR count). The molecule has 0 aromatic heterocycles. The van der Waals surface area contributed by atoms with Crippen LogP contribution in [0.1, 0.15) is 31.4 Å². The van der Waals surface area contributed by atoms with Crippen molar-refractivity contribution in [1.82, 2.24) is 4.90 Å². The first-order valence-corrected chi connectivity index (χ1v) is 10.6. The smallest absolute Gasteiger partial charge is 0.160 e. The Labute approximate surface area is 179 Å². The van der Waals surface area contributed by atoms with Gasteiger partial charge in [0.05, 0.1) is 25.6 Å². The Kier molecular flexibility index (Phi) is 7.14. The predicted octanol–water partition coefficient (Wildman–Crippen LogP) is 4.82. The van der Waals surface area contributed by atoms with Crippen LogP contribution in [0.15, 0.2) is 30.3 Å². The van der Waals surface area contributed by atoms with E-state index in [0.717, 1.165) is 55.2 Å².